The number of nitrogens with zero attached hydrogens (tertiary/aromatic N) is 18. The van der Waals surface area contributed by atoms with Gasteiger partial charge in [0, 0.05) is 52.1 Å². The molecule has 0 spiro atoms. The fourth-order valence-electron chi connectivity index (χ4n) is 1.75. The van der Waals surface area contributed by atoms with Crippen LogP contribution in [0.15, 0.2) is 147 Å². The topological polar surface area (TPSA) is 300 Å². The Morgan fingerprint density at radius 3 is 1.04 bits per heavy atom. The largest absolute Gasteiger partial charge is 0.452 e. The predicted octanol–water partition coefficient (Wildman–Crippen LogP) is 20.1. The highest BCUT2D eigenvalue weighted by molar-refractivity contribution is 7.05. The molecular weight excluding hydrogens is 1220 g/mol. The Balaban J connectivity index is -0.000000109. The highest BCUT2D eigenvalue weighted by atomic mass is 32.1. The van der Waals surface area contributed by atoms with Gasteiger partial charge in [0.25, 0.3) is 0 Å². The fraction of sp³-hybridized carbons (Fsp3) is 0.639. The maximum absolute atomic E-state index is 4.47. The van der Waals surface area contributed by atoms with Crippen LogP contribution in [0.5, 0.6) is 0 Å². The van der Waals surface area contributed by atoms with E-state index in [4.69, 9.17) is 0 Å². The lowest BCUT2D eigenvalue weighted by atomic mass is 10.2. The van der Waals surface area contributed by atoms with Gasteiger partial charge in [-0.05, 0) is 99.7 Å². The normalized spacial score (nSPS) is 8.62. The minimum absolute atomic E-state index is 0.468. The lowest BCUT2D eigenvalue weighted by Crippen LogP contribution is -1.83. The summed E-state index contributed by atoms with van der Waals surface area (Å²) in [6.45, 7) is 62.6. The van der Waals surface area contributed by atoms with E-state index in [-0.39, 0.29) is 0 Å². The number of hydrogen-bond donors (Lipinski definition) is 1. The van der Waals surface area contributed by atoms with Gasteiger partial charge in [-0.3, -0.25) is 5.10 Å². The van der Waals surface area contributed by atoms with Crippen molar-refractivity contribution in [3.63, 3.8) is 0 Å². The van der Waals surface area contributed by atoms with Gasteiger partial charge < -0.3 is 13.5 Å². The van der Waals surface area contributed by atoms with Gasteiger partial charge in [0.15, 0.2) is 12.7 Å². The van der Waals surface area contributed by atoms with Gasteiger partial charge in [-0.25, -0.2) is 14.0 Å². The first-order chi connectivity index (χ1) is 41.9. The molecule has 0 radical (unpaired) electrons. The molecule has 10 rings (SSSR count). The third kappa shape index (κ3) is 210. The van der Waals surface area contributed by atoms with Gasteiger partial charge in [-0.15, -0.1) is 20.4 Å². The van der Waals surface area contributed by atoms with Crippen molar-refractivity contribution in [2.45, 2.75) is 207 Å². The van der Waals surface area contributed by atoms with E-state index in [0.717, 1.165) is 70.0 Å². The second kappa shape index (κ2) is 92.8. The van der Waals surface area contributed by atoms with Crippen molar-refractivity contribution >= 4 is 58.1 Å². The first-order valence-electron chi connectivity index (χ1n) is 29.4. The van der Waals surface area contributed by atoms with Crippen LogP contribution >= 0.6 is 58.1 Å². The van der Waals surface area contributed by atoms with E-state index in [0.29, 0.717) is 5.92 Å². The summed E-state index contributed by atoms with van der Waals surface area (Å²) in [4.78, 5) is 3.56. The minimum atomic E-state index is 0.468. The van der Waals surface area contributed by atoms with E-state index < -0.39 is 0 Å². The summed E-state index contributed by atoms with van der Waals surface area (Å²) in [5.74, 6) is 7.97. The molecule has 0 aliphatic heterocycles. The van der Waals surface area contributed by atoms with Crippen LogP contribution < -0.4 is 0 Å². The molecule has 1 N–H and O–H groups in total. The Morgan fingerprint density at radius 2 is 0.921 bits per heavy atom. The van der Waals surface area contributed by atoms with E-state index in [1.807, 2.05) is 22.9 Å². The zero-order chi connectivity index (χ0) is 70.0. The molecule has 0 bridgehead atoms. The average molecular weight is 1340 g/mol. The van der Waals surface area contributed by atoms with Crippen molar-refractivity contribution in [2.75, 3.05) is 0 Å². The molecule has 0 saturated carbocycles. The van der Waals surface area contributed by atoms with Gasteiger partial charge in [-0.1, -0.05) is 230 Å². The molecule has 0 aliphatic rings. The Morgan fingerprint density at radius 1 is 0.393 bits per heavy atom. The van der Waals surface area contributed by atoms with Gasteiger partial charge in [-0.2, -0.15) is 18.2 Å². The monoisotopic (exact) mass is 1340 g/mol. The Hall–Kier alpha value is -6.36. The van der Waals surface area contributed by atoms with Gasteiger partial charge >= 0.3 is 0 Å². The molecule has 10 aromatic rings. The lowest BCUT2D eigenvalue weighted by molar-refractivity contribution is 0.307. The number of aromatic nitrogens is 19. The summed E-state index contributed by atoms with van der Waals surface area (Å²) in [5, 5.41) is 41.3. The van der Waals surface area contributed by atoms with E-state index in [2.05, 4.69) is 311 Å². The van der Waals surface area contributed by atoms with Crippen LogP contribution in [0.3, 0.4) is 0 Å². The highest BCUT2D eigenvalue weighted by Gasteiger charge is 2.01. The molecule has 0 saturated heterocycles. The molecule has 10 aromatic heterocycles. The molecule has 28 heteroatoms. The van der Waals surface area contributed by atoms with Crippen LogP contribution in [0.2, 0.25) is 0 Å². The van der Waals surface area contributed by atoms with Crippen molar-refractivity contribution in [3.8, 4) is 0 Å². The number of aromatic amines is 1. The zero-order valence-corrected chi connectivity index (χ0v) is 63.7. The molecule has 0 amide bonds. The van der Waals surface area contributed by atoms with Crippen molar-refractivity contribution in [1.29, 1.82) is 0 Å². The molecule has 0 aliphatic carbocycles. The summed E-state index contributed by atoms with van der Waals surface area (Å²) in [6, 6.07) is 5.46. The van der Waals surface area contributed by atoms with Crippen LogP contribution in [-0.2, 0) is 0 Å². The molecule has 0 unspecified atom stereocenters. The number of nitrogens with one attached hydrogen (secondary N) is 1. The fourth-order valence-corrected chi connectivity index (χ4v) is 3.30. The molecule has 10 heterocycles. The first-order valence-corrected chi connectivity index (χ1v) is 33.3. The number of rotatable bonds is 1. The second-order valence-corrected chi connectivity index (χ2v) is 26.3. The third-order valence-corrected chi connectivity index (χ3v) is 6.25. The van der Waals surface area contributed by atoms with Crippen molar-refractivity contribution in [1.82, 2.24) is 92.5 Å². The standard InChI is InChI=1S/C4H7N3S.9C4H10.C3H4N2.2C3H3NO.C3H3NS.2C2H2N2O.2C2H2N2S.CHN3S/c1-3(2)4-5-6-7-8-4;9*1-4(2)3;1-2-4-5-3-1;1-2-5-3-4-1;2*1-2-4-5-3-1;1-2-5-4-3-1;1-2-4-5-3-1;1-2-5-4-3-1;2*1-2-4-5-3-1/h3H,1-2H3;9*4H,1-3H3;1-3H,(H,4,5);3*1-3H;4*1-2H;1H. The van der Waals surface area contributed by atoms with Crippen LogP contribution in [-0.4, -0.2) is 92.5 Å². The molecule has 0 fully saturated rings. The predicted molar refractivity (Wildman–Crippen MR) is 376 cm³/mol. The summed E-state index contributed by atoms with van der Waals surface area (Å²) in [6.07, 6.45) is 25.0. The summed E-state index contributed by atoms with van der Waals surface area (Å²) in [5.41, 5.74) is 0. The molecule has 0 aromatic carbocycles. The number of oxazole rings is 1. The van der Waals surface area contributed by atoms with Gasteiger partial charge in [0.2, 0.25) is 0 Å². The maximum atomic E-state index is 4.47. The second-order valence-electron chi connectivity index (χ2n) is 23.1. The van der Waals surface area contributed by atoms with Crippen molar-refractivity contribution < 1.29 is 18.1 Å². The van der Waals surface area contributed by atoms with Crippen molar-refractivity contribution in [2.24, 2.45) is 53.3 Å². The number of hydrogen-bond acceptors (Lipinski definition) is 27. The highest BCUT2D eigenvalue weighted by Crippen LogP contribution is 2.11. The Kier molecular flexibility index (Phi) is 106. The smallest absolute Gasteiger partial charge is 0.180 e. The molecule has 512 valence electrons. The van der Waals surface area contributed by atoms with Crippen molar-refractivity contribution in [3.05, 3.63) is 134 Å². The molecule has 0 atom stereocenters. The van der Waals surface area contributed by atoms with Crippen LogP contribution in [0.25, 0.3) is 0 Å². The van der Waals surface area contributed by atoms with E-state index >= 15 is 0 Å². The van der Waals surface area contributed by atoms with E-state index in [9.17, 15) is 0 Å². The first kappa shape index (κ1) is 102. The summed E-state index contributed by atoms with van der Waals surface area (Å²) < 4.78 is 42.3. The minimum Gasteiger partial charge on any atom is -0.452 e. The number of H-pyrrole nitrogens is 1. The quantitative estimate of drug-likeness (QED) is 0.160. The van der Waals surface area contributed by atoms with E-state index in [1.54, 1.807) is 55.6 Å². The average Bonchev–Trinajstić information content (AvgIpc) is 4.38. The van der Waals surface area contributed by atoms with Crippen LogP contribution in [0.4, 0.5) is 0 Å². The molecule has 89 heavy (non-hydrogen) atoms. The van der Waals surface area contributed by atoms with E-state index in [1.165, 1.54) is 96.4 Å². The Labute approximate surface area is 558 Å². The third-order valence-electron chi connectivity index (χ3n) is 3.62. The Bertz CT molecular complexity index is 1630. The maximum Gasteiger partial charge on any atom is 0.180 e. The van der Waals surface area contributed by atoms with Gasteiger partial charge in [0.1, 0.15) is 23.8 Å². The summed E-state index contributed by atoms with van der Waals surface area (Å²) in [7, 11) is 0. The zero-order valence-electron chi connectivity index (χ0n) is 59.6. The van der Waals surface area contributed by atoms with Crippen LogP contribution in [0, 0.1) is 53.3 Å². The lowest BCUT2D eigenvalue weighted by Gasteiger charge is -1.90. The van der Waals surface area contributed by atoms with Gasteiger partial charge in [0.05, 0.1) is 73.0 Å². The van der Waals surface area contributed by atoms with Crippen LogP contribution in [0.1, 0.15) is 212 Å². The molecular formula is C61H119N19O4S5. The summed E-state index contributed by atoms with van der Waals surface area (Å²) >= 11 is 6.49. The molecule has 23 nitrogen and oxygen atoms in total. The SMILES string of the molecule is CC(C)C.CC(C)C.CC(C)C.CC(C)C.CC(C)C.CC(C)C.CC(C)C.CC(C)C.CC(C)C.CC(C)c1nnns1.c1cn[nH]c1.c1cnoc1.c1cnon1.c1cnsc1.c1cnsn1.c1cocn1.c1conn1.c1csnn1.c1nnsn1.